The Morgan fingerprint density at radius 2 is 1.33 bits per heavy atom. The molecule has 0 aromatic carbocycles. The summed E-state index contributed by atoms with van der Waals surface area (Å²) in [7, 11) is -4.65. The van der Waals surface area contributed by atoms with E-state index in [0.717, 1.165) is 19.3 Å². The molecule has 0 fully saturated rings. The van der Waals surface area contributed by atoms with E-state index in [1.165, 1.54) is 0 Å². The van der Waals surface area contributed by atoms with Gasteiger partial charge >= 0.3 is 18.9 Å². The van der Waals surface area contributed by atoms with Crippen molar-refractivity contribution in [2.45, 2.75) is 63.5 Å². The number of hydrogen-bond donors (Lipinski definition) is 1. The molecule has 124 valence electrons. The SMILES string of the molecule is O=S(=O)(O)CC(F)C(F)C(F)CCCCCCCCF.[LiH]. The fraction of sp³-hybridized carbons (Fsp3) is 1.00. The van der Waals surface area contributed by atoms with E-state index in [2.05, 4.69) is 0 Å². The van der Waals surface area contributed by atoms with Crippen LogP contribution in [0.25, 0.3) is 0 Å². The van der Waals surface area contributed by atoms with Crippen LogP contribution in [0.2, 0.25) is 0 Å². The molecule has 3 nitrogen and oxygen atoms in total. The van der Waals surface area contributed by atoms with E-state index in [4.69, 9.17) is 4.55 Å². The molecule has 3 atom stereocenters. The second-order valence-electron chi connectivity index (χ2n) is 4.82. The van der Waals surface area contributed by atoms with E-state index in [1.54, 1.807) is 0 Å². The van der Waals surface area contributed by atoms with Crippen LogP contribution in [0, 0.1) is 0 Å². The van der Waals surface area contributed by atoms with Crippen molar-refractivity contribution < 1.29 is 30.5 Å². The zero-order valence-electron chi connectivity index (χ0n) is 11.3. The van der Waals surface area contributed by atoms with Gasteiger partial charge in [0.15, 0.2) is 12.3 Å². The zero-order valence-corrected chi connectivity index (χ0v) is 12.1. The number of alkyl halides is 4. The van der Waals surface area contributed by atoms with Crippen molar-refractivity contribution in [1.82, 2.24) is 0 Å². The Bertz CT molecular complexity index is 343. The summed E-state index contributed by atoms with van der Waals surface area (Å²) < 4.78 is 80.4. The Morgan fingerprint density at radius 3 is 1.81 bits per heavy atom. The molecule has 0 aliphatic rings. The van der Waals surface area contributed by atoms with Gasteiger partial charge < -0.3 is 0 Å². The first-order chi connectivity index (χ1) is 9.28. The first kappa shape index (κ1) is 23.5. The number of rotatable bonds is 12. The minimum atomic E-state index is -4.65. The quantitative estimate of drug-likeness (QED) is 0.259. The molecular weight excluding hydrogens is 307 g/mol. The standard InChI is InChI=1S/C12H22F4O3S.Li.H/c13-8-6-4-2-1-3-5-7-10(14)12(16)11(15)9-20(17,18)19;;/h10-12H,1-9H2,(H,17,18,19);;. The molecule has 0 amide bonds. The van der Waals surface area contributed by atoms with Crippen LogP contribution in [-0.2, 0) is 10.1 Å². The zero-order chi connectivity index (χ0) is 15.6. The van der Waals surface area contributed by atoms with Gasteiger partial charge in [-0.05, 0) is 12.8 Å². The molecule has 0 aromatic rings. The van der Waals surface area contributed by atoms with E-state index in [1.807, 2.05) is 0 Å². The molecule has 0 aromatic heterocycles. The normalized spacial score (nSPS) is 16.0. The van der Waals surface area contributed by atoms with Gasteiger partial charge in [-0.1, -0.05) is 32.1 Å². The van der Waals surface area contributed by atoms with Crippen LogP contribution in [0.3, 0.4) is 0 Å². The first-order valence-corrected chi connectivity index (χ1v) is 8.32. The molecule has 9 heteroatoms. The summed E-state index contributed by atoms with van der Waals surface area (Å²) in [5.41, 5.74) is 0. The Kier molecular flexibility index (Phi) is 14.3. The summed E-state index contributed by atoms with van der Waals surface area (Å²) >= 11 is 0. The minimum absolute atomic E-state index is 0. The van der Waals surface area contributed by atoms with Crippen LogP contribution in [0.5, 0.6) is 0 Å². The van der Waals surface area contributed by atoms with Gasteiger partial charge in [0.25, 0.3) is 10.1 Å². The van der Waals surface area contributed by atoms with E-state index in [9.17, 15) is 26.0 Å². The van der Waals surface area contributed by atoms with Gasteiger partial charge in [0.05, 0.1) is 6.67 Å². The predicted molar refractivity (Wildman–Crippen MR) is 76.5 cm³/mol. The molecule has 3 unspecified atom stereocenters. The molecule has 0 aliphatic carbocycles. The molecule has 0 heterocycles. The molecule has 0 saturated heterocycles. The molecule has 0 rings (SSSR count). The van der Waals surface area contributed by atoms with Crippen molar-refractivity contribution in [1.29, 1.82) is 0 Å². The van der Waals surface area contributed by atoms with Gasteiger partial charge in [0.1, 0.15) is 11.9 Å². The maximum atomic E-state index is 13.3. The molecule has 0 saturated carbocycles. The molecule has 0 spiro atoms. The van der Waals surface area contributed by atoms with Crippen molar-refractivity contribution in [3.05, 3.63) is 0 Å². The summed E-state index contributed by atoms with van der Waals surface area (Å²) in [5.74, 6) is -1.43. The number of unbranched alkanes of at least 4 members (excludes halogenated alkanes) is 5. The third-order valence-electron chi connectivity index (χ3n) is 2.92. The Labute approximate surface area is 135 Å². The first-order valence-electron chi connectivity index (χ1n) is 6.71. The monoisotopic (exact) mass is 330 g/mol. The fourth-order valence-electron chi connectivity index (χ4n) is 1.82. The summed E-state index contributed by atoms with van der Waals surface area (Å²) in [5, 5.41) is 0. The van der Waals surface area contributed by atoms with Gasteiger partial charge in [0.2, 0.25) is 0 Å². The van der Waals surface area contributed by atoms with Crippen LogP contribution in [0.1, 0.15) is 44.9 Å². The second kappa shape index (κ2) is 12.7. The van der Waals surface area contributed by atoms with E-state index in [0.29, 0.717) is 19.3 Å². The molecule has 0 aliphatic heterocycles. The summed E-state index contributed by atoms with van der Waals surface area (Å²) in [6.45, 7) is -0.359. The van der Waals surface area contributed by atoms with Crippen LogP contribution < -0.4 is 0 Å². The van der Waals surface area contributed by atoms with Crippen LogP contribution in [0.15, 0.2) is 0 Å². The van der Waals surface area contributed by atoms with Crippen molar-refractivity contribution in [3.63, 3.8) is 0 Å². The van der Waals surface area contributed by atoms with E-state index in [-0.39, 0.29) is 32.0 Å². The third kappa shape index (κ3) is 13.6. The molecule has 21 heavy (non-hydrogen) atoms. The Balaban J connectivity index is 0. The van der Waals surface area contributed by atoms with Gasteiger partial charge in [0, 0.05) is 0 Å². The number of hydrogen-bond acceptors (Lipinski definition) is 2. The van der Waals surface area contributed by atoms with E-state index >= 15 is 0 Å². The number of halogens is 4. The van der Waals surface area contributed by atoms with Crippen molar-refractivity contribution >= 4 is 29.0 Å². The van der Waals surface area contributed by atoms with Gasteiger partial charge in [-0.15, -0.1) is 0 Å². The van der Waals surface area contributed by atoms with Crippen LogP contribution in [0.4, 0.5) is 17.6 Å². The van der Waals surface area contributed by atoms with E-state index < -0.39 is 34.4 Å². The molecule has 0 bridgehead atoms. The third-order valence-corrected chi connectivity index (χ3v) is 3.66. The average Bonchev–Trinajstić information content (AvgIpc) is 2.34. The van der Waals surface area contributed by atoms with Crippen molar-refractivity contribution in [2.75, 3.05) is 12.4 Å². The van der Waals surface area contributed by atoms with Crippen LogP contribution in [-0.4, -0.2) is 62.8 Å². The fourth-order valence-corrected chi connectivity index (χ4v) is 2.41. The summed E-state index contributed by atoms with van der Waals surface area (Å²) in [4.78, 5) is 0. The average molecular weight is 330 g/mol. The molecular formula is C12H23F4LiO3S. The summed E-state index contributed by atoms with van der Waals surface area (Å²) in [6, 6.07) is 0. The summed E-state index contributed by atoms with van der Waals surface area (Å²) in [6.07, 6.45) is -3.58. The maximum absolute atomic E-state index is 13.3. The van der Waals surface area contributed by atoms with Gasteiger partial charge in [-0.2, -0.15) is 8.42 Å². The Morgan fingerprint density at radius 1 is 0.857 bits per heavy atom. The second-order valence-corrected chi connectivity index (χ2v) is 6.32. The van der Waals surface area contributed by atoms with Crippen molar-refractivity contribution in [3.8, 4) is 0 Å². The van der Waals surface area contributed by atoms with Crippen molar-refractivity contribution in [2.24, 2.45) is 0 Å². The van der Waals surface area contributed by atoms with Gasteiger partial charge in [-0.3, -0.25) is 8.94 Å². The topological polar surface area (TPSA) is 54.4 Å². The Hall–Kier alpha value is 0.227. The predicted octanol–water partition coefficient (Wildman–Crippen LogP) is 2.94. The molecule has 1 N–H and O–H groups in total. The van der Waals surface area contributed by atoms with Crippen LogP contribution >= 0.6 is 0 Å². The van der Waals surface area contributed by atoms with Gasteiger partial charge in [-0.25, -0.2) is 13.2 Å². The molecule has 0 radical (unpaired) electrons.